The third kappa shape index (κ3) is 2.73. The van der Waals surface area contributed by atoms with E-state index in [0.29, 0.717) is 12.0 Å². The molecule has 0 aromatic carbocycles. The largest absolute Gasteiger partial charge is 0.461 e. The van der Waals surface area contributed by atoms with Gasteiger partial charge in [0.15, 0.2) is 0 Å². The molecule has 142 valence electrons. The molecule has 2 aliphatic carbocycles. The van der Waals surface area contributed by atoms with E-state index in [0.717, 1.165) is 5.57 Å². The Labute approximate surface area is 152 Å². The highest BCUT2D eigenvalue weighted by atomic mass is 16.6. The van der Waals surface area contributed by atoms with Crippen LogP contribution in [0, 0.1) is 17.3 Å². The average Bonchev–Trinajstić information content (AvgIpc) is 2.89. The first-order valence-electron chi connectivity index (χ1n) is 8.85. The molecule has 0 spiro atoms. The van der Waals surface area contributed by atoms with E-state index < -0.39 is 47.5 Å². The van der Waals surface area contributed by atoms with Gasteiger partial charge in [-0.2, -0.15) is 0 Å². The zero-order valence-corrected chi connectivity index (χ0v) is 15.7. The lowest BCUT2D eigenvalue weighted by molar-refractivity contribution is -0.149. The van der Waals surface area contributed by atoms with Crippen molar-refractivity contribution < 1.29 is 33.4 Å². The van der Waals surface area contributed by atoms with Crippen LogP contribution in [0.5, 0.6) is 0 Å². The fraction of sp³-hybridized carbons (Fsp3) is 0.684. The van der Waals surface area contributed by atoms with Crippen molar-refractivity contribution in [3.63, 3.8) is 0 Å². The van der Waals surface area contributed by atoms with Gasteiger partial charge in [0.2, 0.25) is 0 Å². The quantitative estimate of drug-likeness (QED) is 0.418. The van der Waals surface area contributed by atoms with Crippen molar-refractivity contribution in [2.45, 2.75) is 65.8 Å². The van der Waals surface area contributed by atoms with Crippen LogP contribution in [0.3, 0.4) is 0 Å². The topological polar surface area (TPSA) is 96.0 Å². The van der Waals surface area contributed by atoms with E-state index in [1.54, 1.807) is 20.8 Å². The second-order valence-electron chi connectivity index (χ2n) is 7.73. The summed E-state index contributed by atoms with van der Waals surface area (Å²) >= 11 is 0. The van der Waals surface area contributed by atoms with Crippen molar-refractivity contribution in [1.29, 1.82) is 0 Å². The Balaban J connectivity index is 2.14. The number of carbonyl (C=O) groups excluding carboxylic acids is 4. The number of ether oxygens (including phenoxy) is 3. The van der Waals surface area contributed by atoms with Gasteiger partial charge >= 0.3 is 17.9 Å². The molecule has 0 bridgehead atoms. The summed E-state index contributed by atoms with van der Waals surface area (Å²) in [7, 11) is 0. The molecule has 1 saturated heterocycles. The number of fused-ring (bicyclic) bond motifs is 2. The first-order valence-corrected chi connectivity index (χ1v) is 8.85. The SMILES string of the molecule is CC(=O)O[C@H]1C[C@]2(C)C(=O)C[C@H]3OC(=O)[C@@H](C)[C@H]3[C@H](OC(C)=O)C2=C1C. The summed E-state index contributed by atoms with van der Waals surface area (Å²) in [6.45, 7) is 7.94. The minimum atomic E-state index is -0.916. The van der Waals surface area contributed by atoms with E-state index in [4.69, 9.17) is 14.2 Å². The number of hydrogen-bond acceptors (Lipinski definition) is 7. The van der Waals surface area contributed by atoms with Gasteiger partial charge in [-0.25, -0.2) is 0 Å². The van der Waals surface area contributed by atoms with Crippen LogP contribution in [0.4, 0.5) is 0 Å². The Hall–Kier alpha value is -2.18. The monoisotopic (exact) mass is 364 g/mol. The molecule has 0 unspecified atom stereocenters. The maximum Gasteiger partial charge on any atom is 0.309 e. The van der Waals surface area contributed by atoms with Gasteiger partial charge in [0, 0.05) is 26.7 Å². The van der Waals surface area contributed by atoms with Crippen molar-refractivity contribution in [3.05, 3.63) is 11.1 Å². The average molecular weight is 364 g/mol. The maximum absolute atomic E-state index is 13.1. The van der Waals surface area contributed by atoms with Crippen LogP contribution < -0.4 is 0 Å². The van der Waals surface area contributed by atoms with Gasteiger partial charge in [0.05, 0.1) is 17.3 Å². The summed E-state index contributed by atoms with van der Waals surface area (Å²) < 4.78 is 16.4. The van der Waals surface area contributed by atoms with Crippen molar-refractivity contribution in [2.24, 2.45) is 17.3 Å². The zero-order chi connectivity index (χ0) is 19.4. The Kier molecular flexibility index (Phi) is 4.45. The summed E-state index contributed by atoms with van der Waals surface area (Å²) in [4.78, 5) is 48.4. The van der Waals surface area contributed by atoms with E-state index in [-0.39, 0.29) is 18.2 Å². The van der Waals surface area contributed by atoms with Gasteiger partial charge in [0.1, 0.15) is 24.1 Å². The first-order chi connectivity index (χ1) is 12.1. The molecule has 2 fully saturated rings. The summed E-state index contributed by atoms with van der Waals surface area (Å²) in [5.41, 5.74) is 0.455. The van der Waals surface area contributed by atoms with Crippen LogP contribution in [-0.4, -0.2) is 42.0 Å². The molecule has 3 aliphatic rings. The molecule has 1 saturated carbocycles. The lowest BCUT2D eigenvalue weighted by atomic mass is 9.75. The normalized spacial score (nSPS) is 39.0. The Bertz CT molecular complexity index is 721. The van der Waals surface area contributed by atoms with Gasteiger partial charge < -0.3 is 14.2 Å². The molecule has 0 aromatic rings. The fourth-order valence-electron chi connectivity index (χ4n) is 4.74. The third-order valence-electron chi connectivity index (χ3n) is 5.98. The van der Waals surface area contributed by atoms with E-state index in [1.807, 2.05) is 0 Å². The molecule has 0 radical (unpaired) electrons. The molecule has 1 aliphatic heterocycles. The van der Waals surface area contributed by atoms with E-state index in [2.05, 4.69) is 0 Å². The lowest BCUT2D eigenvalue weighted by Gasteiger charge is -2.32. The van der Waals surface area contributed by atoms with Crippen LogP contribution in [0.1, 0.15) is 47.5 Å². The van der Waals surface area contributed by atoms with Crippen LogP contribution in [0.2, 0.25) is 0 Å². The molecule has 7 heteroatoms. The first kappa shape index (κ1) is 18.6. The van der Waals surface area contributed by atoms with Crippen LogP contribution in [0.15, 0.2) is 11.1 Å². The van der Waals surface area contributed by atoms with Gasteiger partial charge in [0.25, 0.3) is 0 Å². The van der Waals surface area contributed by atoms with Crippen LogP contribution in [-0.2, 0) is 33.4 Å². The highest BCUT2D eigenvalue weighted by Gasteiger charge is 2.60. The zero-order valence-electron chi connectivity index (χ0n) is 15.7. The second kappa shape index (κ2) is 6.21. The smallest absolute Gasteiger partial charge is 0.309 e. The van der Waals surface area contributed by atoms with Gasteiger partial charge in [-0.05, 0) is 25.0 Å². The molecule has 0 N–H and O–H groups in total. The molecule has 0 aromatic heterocycles. The Morgan fingerprint density at radius 3 is 2.35 bits per heavy atom. The number of Topliss-reactive ketones (excluding diaryl/α,β-unsaturated/α-hetero) is 1. The highest BCUT2D eigenvalue weighted by Crippen LogP contribution is 2.54. The van der Waals surface area contributed by atoms with Crippen molar-refractivity contribution >= 4 is 23.7 Å². The Morgan fingerprint density at radius 2 is 1.77 bits per heavy atom. The molecule has 0 amide bonds. The fourth-order valence-corrected chi connectivity index (χ4v) is 4.74. The molecule has 6 atom stereocenters. The molecular weight excluding hydrogens is 340 g/mol. The Morgan fingerprint density at radius 1 is 1.15 bits per heavy atom. The summed E-state index contributed by atoms with van der Waals surface area (Å²) in [6, 6.07) is 0. The molecule has 1 heterocycles. The highest BCUT2D eigenvalue weighted by molar-refractivity contribution is 5.91. The number of rotatable bonds is 2. The van der Waals surface area contributed by atoms with Gasteiger partial charge in [-0.15, -0.1) is 0 Å². The molecule has 3 rings (SSSR count). The van der Waals surface area contributed by atoms with E-state index in [9.17, 15) is 19.2 Å². The summed E-state index contributed by atoms with van der Waals surface area (Å²) in [6.07, 6.45) is -1.52. The maximum atomic E-state index is 13.1. The van der Waals surface area contributed by atoms with Crippen molar-refractivity contribution in [2.75, 3.05) is 0 Å². The molecule has 26 heavy (non-hydrogen) atoms. The summed E-state index contributed by atoms with van der Waals surface area (Å²) in [5.74, 6) is -2.33. The van der Waals surface area contributed by atoms with Crippen LogP contribution in [0.25, 0.3) is 0 Å². The number of hydrogen-bond donors (Lipinski definition) is 0. The number of ketones is 1. The van der Waals surface area contributed by atoms with Crippen molar-refractivity contribution in [3.8, 4) is 0 Å². The second-order valence-corrected chi connectivity index (χ2v) is 7.73. The van der Waals surface area contributed by atoms with E-state index in [1.165, 1.54) is 13.8 Å². The van der Waals surface area contributed by atoms with Crippen molar-refractivity contribution in [1.82, 2.24) is 0 Å². The predicted octanol–water partition coefficient (Wildman–Crippen LogP) is 1.73. The number of carbonyl (C=O) groups is 4. The summed E-state index contributed by atoms with van der Waals surface area (Å²) in [5, 5.41) is 0. The standard InChI is InChI=1S/C19H24O7/c1-8-13(24-10(3)20)7-19(5)14(22)6-12-15(9(2)18(23)26-12)17(16(8)19)25-11(4)21/h9,12-13,15,17H,6-7H2,1-5H3/t9-,12+,13-,15+,17-,19+/m0/s1. The number of esters is 3. The van der Waals surface area contributed by atoms with Gasteiger partial charge in [-0.3, -0.25) is 19.2 Å². The molecule has 7 nitrogen and oxygen atoms in total. The van der Waals surface area contributed by atoms with Gasteiger partial charge in [-0.1, -0.05) is 6.92 Å². The predicted molar refractivity (Wildman–Crippen MR) is 88.7 cm³/mol. The minimum Gasteiger partial charge on any atom is -0.461 e. The lowest BCUT2D eigenvalue weighted by Crippen LogP contribution is -2.38. The minimum absolute atomic E-state index is 0.0680. The van der Waals surface area contributed by atoms with Crippen LogP contribution >= 0.6 is 0 Å². The third-order valence-corrected chi connectivity index (χ3v) is 5.98. The molecular formula is C19H24O7. The van der Waals surface area contributed by atoms with E-state index >= 15 is 0 Å².